The van der Waals surface area contributed by atoms with Crippen molar-refractivity contribution in [3.63, 3.8) is 0 Å². The predicted octanol–water partition coefficient (Wildman–Crippen LogP) is 2.05. The zero-order valence-electron chi connectivity index (χ0n) is 14.1. The molecule has 0 unspecified atom stereocenters. The van der Waals surface area contributed by atoms with E-state index >= 15 is 0 Å². The quantitative estimate of drug-likeness (QED) is 0.762. The third-order valence-electron chi connectivity index (χ3n) is 3.80. The highest BCUT2D eigenvalue weighted by molar-refractivity contribution is 5.92. The predicted molar refractivity (Wildman–Crippen MR) is 94.8 cm³/mol. The van der Waals surface area contributed by atoms with Gasteiger partial charge in [0, 0.05) is 36.6 Å². The van der Waals surface area contributed by atoms with Gasteiger partial charge in [0.2, 0.25) is 5.43 Å². The second kappa shape index (κ2) is 7.69. The summed E-state index contributed by atoms with van der Waals surface area (Å²) in [4.78, 5) is 28.6. The fourth-order valence-corrected chi connectivity index (χ4v) is 2.51. The molecule has 2 aromatic heterocycles. The molecule has 3 aromatic rings. The molecule has 132 valence electrons. The molecular weight excluding hydrogens is 335 g/mol. The number of amides is 1. The fraction of sp³-hybridized carbons (Fsp3) is 0.158. The van der Waals surface area contributed by atoms with Crippen LogP contribution in [0.5, 0.6) is 0 Å². The van der Waals surface area contributed by atoms with Gasteiger partial charge in [0.05, 0.1) is 0 Å². The van der Waals surface area contributed by atoms with Gasteiger partial charge >= 0.3 is 0 Å². The van der Waals surface area contributed by atoms with Gasteiger partial charge in [0.15, 0.2) is 5.69 Å². The van der Waals surface area contributed by atoms with Crippen LogP contribution in [-0.2, 0) is 6.42 Å². The minimum Gasteiger partial charge on any atom is -0.350 e. The van der Waals surface area contributed by atoms with Crippen LogP contribution >= 0.6 is 0 Å². The van der Waals surface area contributed by atoms with Gasteiger partial charge in [0.25, 0.3) is 5.91 Å². The monoisotopic (exact) mass is 352 g/mol. The summed E-state index contributed by atoms with van der Waals surface area (Å²) in [5.74, 6) is -1.09. The van der Waals surface area contributed by atoms with E-state index in [-0.39, 0.29) is 11.4 Å². The normalized spacial score (nSPS) is 10.5. The number of carbonyl (C=O) groups is 1. The van der Waals surface area contributed by atoms with Crippen LogP contribution < -0.4 is 10.7 Å². The van der Waals surface area contributed by atoms with Crippen LogP contribution in [0.15, 0.2) is 59.5 Å². The maximum Gasteiger partial charge on any atom is 0.275 e. The van der Waals surface area contributed by atoms with Crippen LogP contribution in [0.4, 0.5) is 4.39 Å². The molecule has 2 heterocycles. The largest absolute Gasteiger partial charge is 0.350 e. The molecule has 0 bridgehead atoms. The summed E-state index contributed by atoms with van der Waals surface area (Å²) >= 11 is 0. The average molecular weight is 352 g/mol. The lowest BCUT2D eigenvalue weighted by atomic mass is 10.2. The molecule has 0 atom stereocenters. The molecule has 1 amide bonds. The Hall–Kier alpha value is -3.35. The molecule has 0 spiro atoms. The maximum absolute atomic E-state index is 14.0. The molecule has 7 heteroatoms. The van der Waals surface area contributed by atoms with Gasteiger partial charge in [-0.05, 0) is 31.2 Å². The van der Waals surface area contributed by atoms with Crippen molar-refractivity contribution in [2.24, 2.45) is 0 Å². The number of benzene rings is 1. The van der Waals surface area contributed by atoms with Crippen molar-refractivity contribution in [3.05, 3.63) is 87.9 Å². The Morgan fingerprint density at radius 1 is 1.19 bits per heavy atom. The second-order valence-corrected chi connectivity index (χ2v) is 5.69. The number of carbonyl (C=O) groups excluding carboxylic acids is 1. The Bertz CT molecular complexity index is 986. The van der Waals surface area contributed by atoms with Gasteiger partial charge in [-0.25, -0.2) is 9.07 Å². The van der Waals surface area contributed by atoms with E-state index in [4.69, 9.17) is 0 Å². The van der Waals surface area contributed by atoms with Crippen LogP contribution in [0, 0.1) is 12.7 Å². The smallest absolute Gasteiger partial charge is 0.275 e. The van der Waals surface area contributed by atoms with E-state index < -0.39 is 17.2 Å². The van der Waals surface area contributed by atoms with E-state index in [0.717, 1.165) is 5.69 Å². The maximum atomic E-state index is 14.0. The summed E-state index contributed by atoms with van der Waals surface area (Å²) in [5.41, 5.74) is 0.649. The molecule has 0 saturated carbocycles. The Morgan fingerprint density at radius 3 is 2.69 bits per heavy atom. The van der Waals surface area contributed by atoms with Crippen molar-refractivity contribution in [2.75, 3.05) is 6.54 Å². The molecule has 0 aliphatic rings. The molecule has 26 heavy (non-hydrogen) atoms. The number of nitrogens with one attached hydrogen (secondary N) is 1. The van der Waals surface area contributed by atoms with E-state index in [1.165, 1.54) is 22.9 Å². The topological polar surface area (TPSA) is 76.9 Å². The fourth-order valence-electron chi connectivity index (χ4n) is 2.51. The summed E-state index contributed by atoms with van der Waals surface area (Å²) in [7, 11) is 0. The minimum atomic E-state index is -0.601. The molecule has 1 N–H and O–H groups in total. The second-order valence-electron chi connectivity index (χ2n) is 5.69. The number of halogens is 1. The number of aryl methyl sites for hydroxylation is 1. The summed E-state index contributed by atoms with van der Waals surface area (Å²) in [6, 6.07) is 12.8. The third kappa shape index (κ3) is 3.83. The third-order valence-corrected chi connectivity index (χ3v) is 3.80. The molecule has 0 aliphatic carbocycles. The Kier molecular flexibility index (Phi) is 5.17. The van der Waals surface area contributed by atoms with Gasteiger partial charge in [-0.1, -0.05) is 18.2 Å². The van der Waals surface area contributed by atoms with Gasteiger partial charge in [0.1, 0.15) is 11.5 Å². The Labute approximate surface area is 149 Å². The van der Waals surface area contributed by atoms with Crippen molar-refractivity contribution in [2.45, 2.75) is 13.3 Å². The minimum absolute atomic E-state index is 0.174. The van der Waals surface area contributed by atoms with Crippen molar-refractivity contribution in [3.8, 4) is 5.69 Å². The zero-order valence-corrected chi connectivity index (χ0v) is 14.1. The van der Waals surface area contributed by atoms with Gasteiger partial charge in [-0.2, -0.15) is 5.10 Å². The lowest BCUT2D eigenvalue weighted by Crippen LogP contribution is -2.33. The first-order chi connectivity index (χ1) is 12.6. The number of nitrogens with zero attached hydrogens (tertiary/aromatic N) is 3. The van der Waals surface area contributed by atoms with Crippen molar-refractivity contribution in [1.82, 2.24) is 20.1 Å². The van der Waals surface area contributed by atoms with Crippen LogP contribution in [0.1, 0.15) is 21.9 Å². The number of pyridine rings is 1. The number of hydrogen-bond donors (Lipinski definition) is 1. The van der Waals surface area contributed by atoms with Crippen molar-refractivity contribution < 1.29 is 9.18 Å². The number of hydrogen-bond acceptors (Lipinski definition) is 4. The number of para-hydroxylation sites is 1. The van der Waals surface area contributed by atoms with Gasteiger partial charge in [-0.3, -0.25) is 14.6 Å². The summed E-state index contributed by atoms with van der Waals surface area (Å²) in [5, 5.41) is 6.72. The molecule has 3 rings (SSSR count). The first kappa shape index (κ1) is 17.5. The number of aromatic nitrogens is 3. The van der Waals surface area contributed by atoms with E-state index in [0.29, 0.717) is 18.7 Å². The molecule has 6 nitrogen and oxygen atoms in total. The first-order valence-electron chi connectivity index (χ1n) is 8.10. The Balaban J connectivity index is 1.81. The van der Waals surface area contributed by atoms with Crippen LogP contribution in [0.3, 0.4) is 0 Å². The molecular formula is C19H17FN4O2. The molecule has 0 saturated heterocycles. The molecule has 1 aromatic carbocycles. The first-order valence-corrected chi connectivity index (χ1v) is 8.10. The van der Waals surface area contributed by atoms with Crippen molar-refractivity contribution >= 4 is 5.91 Å². The summed E-state index contributed by atoms with van der Waals surface area (Å²) in [6.45, 7) is 1.94. The highest BCUT2D eigenvalue weighted by Crippen LogP contribution is 2.13. The highest BCUT2D eigenvalue weighted by Gasteiger charge is 2.16. The van der Waals surface area contributed by atoms with Crippen LogP contribution in [-0.4, -0.2) is 27.2 Å². The summed E-state index contributed by atoms with van der Waals surface area (Å²) in [6.07, 6.45) is 2.20. The summed E-state index contributed by atoms with van der Waals surface area (Å²) < 4.78 is 15.3. The van der Waals surface area contributed by atoms with Crippen LogP contribution in [0.2, 0.25) is 0 Å². The number of rotatable bonds is 5. The molecule has 0 fully saturated rings. The zero-order chi connectivity index (χ0) is 18.5. The standard InChI is InChI=1S/C19H17FN4O2/c1-13-12-17(25)18(23-24(13)16-8-3-2-7-15(16)20)19(26)22-11-9-14-6-4-5-10-21-14/h2-8,10,12H,9,11H2,1H3,(H,22,26). The average Bonchev–Trinajstić information content (AvgIpc) is 2.63. The molecule has 0 aliphatic heterocycles. The lowest BCUT2D eigenvalue weighted by Gasteiger charge is -2.12. The van der Waals surface area contributed by atoms with E-state index in [2.05, 4.69) is 15.4 Å². The highest BCUT2D eigenvalue weighted by atomic mass is 19.1. The van der Waals surface area contributed by atoms with Crippen molar-refractivity contribution in [1.29, 1.82) is 0 Å². The van der Waals surface area contributed by atoms with E-state index in [1.807, 2.05) is 18.2 Å². The molecule has 0 radical (unpaired) electrons. The lowest BCUT2D eigenvalue weighted by molar-refractivity contribution is 0.0946. The SMILES string of the molecule is Cc1cc(=O)c(C(=O)NCCc2ccccn2)nn1-c1ccccc1F. The Morgan fingerprint density at radius 2 is 1.96 bits per heavy atom. The van der Waals surface area contributed by atoms with Crippen LogP contribution in [0.25, 0.3) is 5.69 Å². The van der Waals surface area contributed by atoms with Gasteiger partial charge < -0.3 is 5.32 Å². The van der Waals surface area contributed by atoms with Gasteiger partial charge in [-0.15, -0.1) is 0 Å². The van der Waals surface area contributed by atoms with E-state index in [9.17, 15) is 14.0 Å². The van der Waals surface area contributed by atoms with E-state index in [1.54, 1.807) is 25.3 Å².